The van der Waals surface area contributed by atoms with Crippen LogP contribution in [0.2, 0.25) is 10.0 Å². The smallest absolute Gasteiger partial charge is 0.330 e. The number of nitrogens with zero attached hydrogens (tertiary/aromatic N) is 3. The number of nitrogens with two attached hydrogens (primary N) is 1. The van der Waals surface area contributed by atoms with Crippen LogP contribution in [-0.2, 0) is 24.3 Å². The first-order valence-electron chi connectivity index (χ1n) is 10.9. The van der Waals surface area contributed by atoms with Crippen LogP contribution in [0.15, 0.2) is 21.7 Å². The van der Waals surface area contributed by atoms with Crippen molar-refractivity contribution in [3.05, 3.63) is 48.8 Å². The molecule has 33 heavy (non-hydrogen) atoms. The number of aromatic amines is 1. The summed E-state index contributed by atoms with van der Waals surface area (Å²) in [6.07, 6.45) is 2.07. The molecule has 9 nitrogen and oxygen atoms in total. The van der Waals surface area contributed by atoms with Crippen molar-refractivity contribution in [3.63, 3.8) is 0 Å². The van der Waals surface area contributed by atoms with E-state index >= 15 is 0 Å². The van der Waals surface area contributed by atoms with Gasteiger partial charge in [-0.2, -0.15) is 0 Å². The highest BCUT2D eigenvalue weighted by molar-refractivity contribution is 6.39. The predicted octanol–water partition coefficient (Wildman–Crippen LogP) is 3.80. The van der Waals surface area contributed by atoms with Gasteiger partial charge in [0.05, 0.1) is 15.7 Å². The standard InChI is InChI=1S/C22H28Cl2N6O3/c1-4-5-8-29-20-19(21(32)28-22(29)33)30(11-12(2)3)16(27-20)6-7-17(31)26-13-9-14(23)18(25)15(24)10-13/h9-10,12H,4-8,11,25H2,1-3H3,(H,26,31)(H,28,32,33). The molecule has 0 saturated heterocycles. The van der Waals surface area contributed by atoms with Crippen LogP contribution in [0.4, 0.5) is 11.4 Å². The van der Waals surface area contributed by atoms with Gasteiger partial charge in [-0.15, -0.1) is 0 Å². The van der Waals surface area contributed by atoms with Gasteiger partial charge in [0.2, 0.25) is 5.91 Å². The molecule has 1 amide bonds. The number of aromatic nitrogens is 4. The predicted molar refractivity (Wildman–Crippen MR) is 132 cm³/mol. The van der Waals surface area contributed by atoms with Gasteiger partial charge in [-0.1, -0.05) is 50.4 Å². The number of aryl methyl sites for hydroxylation is 2. The molecule has 11 heteroatoms. The van der Waals surface area contributed by atoms with Crippen molar-refractivity contribution in [2.45, 2.75) is 59.5 Å². The number of nitrogens with one attached hydrogen (secondary N) is 2. The Kier molecular flexibility index (Phi) is 7.86. The molecule has 0 fully saturated rings. The molecule has 0 atom stereocenters. The number of benzene rings is 1. The molecule has 0 bridgehead atoms. The number of amides is 1. The number of carbonyl (C=O) groups excluding carboxylic acids is 1. The minimum absolute atomic E-state index is 0.109. The van der Waals surface area contributed by atoms with Crippen molar-refractivity contribution in [1.82, 2.24) is 19.1 Å². The van der Waals surface area contributed by atoms with Crippen LogP contribution >= 0.6 is 23.2 Å². The third-order valence-electron chi connectivity index (χ3n) is 5.19. The lowest BCUT2D eigenvalue weighted by Crippen LogP contribution is -2.31. The van der Waals surface area contributed by atoms with Gasteiger partial charge in [0.25, 0.3) is 5.56 Å². The summed E-state index contributed by atoms with van der Waals surface area (Å²) in [5.74, 6) is 0.528. The summed E-state index contributed by atoms with van der Waals surface area (Å²) in [7, 11) is 0. The fourth-order valence-corrected chi connectivity index (χ4v) is 4.09. The number of hydrogen-bond donors (Lipinski definition) is 3. The van der Waals surface area contributed by atoms with Crippen molar-refractivity contribution in [3.8, 4) is 0 Å². The zero-order valence-electron chi connectivity index (χ0n) is 18.9. The first kappa shape index (κ1) is 24.9. The monoisotopic (exact) mass is 494 g/mol. The minimum Gasteiger partial charge on any atom is -0.396 e. The van der Waals surface area contributed by atoms with E-state index in [1.165, 1.54) is 16.7 Å². The second-order valence-electron chi connectivity index (χ2n) is 8.37. The van der Waals surface area contributed by atoms with E-state index in [-0.39, 0.29) is 40.4 Å². The van der Waals surface area contributed by atoms with Gasteiger partial charge >= 0.3 is 5.69 Å². The largest absolute Gasteiger partial charge is 0.396 e. The summed E-state index contributed by atoms with van der Waals surface area (Å²) in [5.41, 5.74) is 6.17. The lowest BCUT2D eigenvalue weighted by Gasteiger charge is -2.12. The average molecular weight is 495 g/mol. The molecular weight excluding hydrogens is 467 g/mol. The lowest BCUT2D eigenvalue weighted by atomic mass is 10.2. The SMILES string of the molecule is CCCCn1c(=O)[nH]c(=O)c2c1nc(CCC(=O)Nc1cc(Cl)c(N)c(Cl)c1)n2CC(C)C. The molecule has 2 heterocycles. The number of halogens is 2. The molecule has 178 valence electrons. The maximum Gasteiger partial charge on any atom is 0.330 e. The molecule has 0 aliphatic heterocycles. The van der Waals surface area contributed by atoms with Crippen molar-refractivity contribution < 1.29 is 4.79 Å². The van der Waals surface area contributed by atoms with Crippen molar-refractivity contribution in [2.75, 3.05) is 11.1 Å². The Labute approximate surface area is 200 Å². The topological polar surface area (TPSA) is 128 Å². The number of unbranched alkanes of at least 4 members (excludes halogenated alkanes) is 1. The second-order valence-corrected chi connectivity index (χ2v) is 9.19. The van der Waals surface area contributed by atoms with Gasteiger partial charge in [0.1, 0.15) is 5.82 Å². The first-order chi connectivity index (χ1) is 15.6. The van der Waals surface area contributed by atoms with E-state index in [0.717, 1.165) is 12.8 Å². The van der Waals surface area contributed by atoms with E-state index in [1.54, 1.807) is 0 Å². The quantitative estimate of drug-likeness (QED) is 0.389. The van der Waals surface area contributed by atoms with Crippen molar-refractivity contribution in [1.29, 1.82) is 0 Å². The number of carbonyl (C=O) groups is 1. The molecule has 3 rings (SSSR count). The lowest BCUT2D eigenvalue weighted by molar-refractivity contribution is -0.116. The third kappa shape index (κ3) is 5.59. The Morgan fingerprint density at radius 3 is 2.48 bits per heavy atom. The van der Waals surface area contributed by atoms with E-state index in [1.807, 2.05) is 25.3 Å². The van der Waals surface area contributed by atoms with Gasteiger partial charge < -0.3 is 15.6 Å². The van der Waals surface area contributed by atoms with Crippen molar-refractivity contribution in [2.24, 2.45) is 5.92 Å². The van der Waals surface area contributed by atoms with E-state index in [0.29, 0.717) is 35.8 Å². The summed E-state index contributed by atoms with van der Waals surface area (Å²) in [6.45, 7) is 7.07. The molecule has 0 radical (unpaired) electrons. The highest BCUT2D eigenvalue weighted by Gasteiger charge is 2.20. The number of anilines is 2. The summed E-state index contributed by atoms with van der Waals surface area (Å²) in [4.78, 5) is 44.7. The maximum absolute atomic E-state index is 12.7. The summed E-state index contributed by atoms with van der Waals surface area (Å²) >= 11 is 12.1. The Morgan fingerprint density at radius 1 is 1.21 bits per heavy atom. The molecule has 0 saturated carbocycles. The normalized spacial score (nSPS) is 11.5. The van der Waals surface area contributed by atoms with Gasteiger partial charge in [0.15, 0.2) is 11.2 Å². The number of nitrogen functional groups attached to an aromatic ring is 1. The minimum atomic E-state index is -0.475. The van der Waals surface area contributed by atoms with E-state index < -0.39 is 11.2 Å². The number of rotatable bonds is 9. The van der Waals surface area contributed by atoms with E-state index in [4.69, 9.17) is 28.9 Å². The summed E-state index contributed by atoms with van der Waals surface area (Å²) in [6, 6.07) is 3.06. The number of hydrogen-bond acceptors (Lipinski definition) is 5. The third-order valence-corrected chi connectivity index (χ3v) is 5.81. The van der Waals surface area contributed by atoms with E-state index in [2.05, 4.69) is 15.3 Å². The Hall–Kier alpha value is -2.78. The number of imidazole rings is 1. The van der Waals surface area contributed by atoms with Crippen molar-refractivity contribution >= 4 is 51.6 Å². The molecule has 0 aliphatic rings. The van der Waals surface area contributed by atoms with Gasteiger partial charge in [0, 0.05) is 31.6 Å². The van der Waals surface area contributed by atoms with Crippen LogP contribution in [0.25, 0.3) is 11.2 Å². The maximum atomic E-state index is 12.7. The van der Waals surface area contributed by atoms with Gasteiger partial charge in [-0.3, -0.25) is 19.1 Å². The number of H-pyrrole nitrogens is 1. The van der Waals surface area contributed by atoms with Crippen LogP contribution in [0.3, 0.4) is 0 Å². The molecule has 1 aromatic carbocycles. The van der Waals surface area contributed by atoms with Crippen LogP contribution in [0.1, 0.15) is 45.9 Å². The van der Waals surface area contributed by atoms with Gasteiger partial charge in [-0.25, -0.2) is 9.78 Å². The molecule has 3 aromatic rings. The molecule has 2 aromatic heterocycles. The first-order valence-corrected chi connectivity index (χ1v) is 11.6. The molecule has 0 unspecified atom stereocenters. The van der Waals surface area contributed by atoms with Crippen LogP contribution in [0, 0.1) is 5.92 Å². The van der Waals surface area contributed by atoms with Gasteiger partial charge in [-0.05, 0) is 24.5 Å². The highest BCUT2D eigenvalue weighted by atomic mass is 35.5. The fourth-order valence-electron chi connectivity index (χ4n) is 3.60. The highest BCUT2D eigenvalue weighted by Crippen LogP contribution is 2.31. The van der Waals surface area contributed by atoms with E-state index in [9.17, 15) is 14.4 Å². The fraction of sp³-hybridized carbons (Fsp3) is 0.455. The zero-order chi connectivity index (χ0) is 24.3. The molecular formula is C22H28Cl2N6O3. The molecule has 0 spiro atoms. The Bertz CT molecular complexity index is 1270. The summed E-state index contributed by atoms with van der Waals surface area (Å²) in [5, 5.41) is 3.25. The summed E-state index contributed by atoms with van der Waals surface area (Å²) < 4.78 is 3.31. The molecule has 4 N–H and O–H groups in total. The Morgan fingerprint density at radius 2 is 1.88 bits per heavy atom. The zero-order valence-corrected chi connectivity index (χ0v) is 20.4. The van der Waals surface area contributed by atoms with Crippen LogP contribution in [0.5, 0.6) is 0 Å². The molecule has 0 aliphatic carbocycles. The average Bonchev–Trinajstić information content (AvgIpc) is 3.08. The van der Waals surface area contributed by atoms with Crippen LogP contribution < -0.4 is 22.3 Å². The Balaban J connectivity index is 1.91. The van der Waals surface area contributed by atoms with Crippen LogP contribution in [-0.4, -0.2) is 25.0 Å². The number of fused-ring (bicyclic) bond motifs is 1. The second kappa shape index (κ2) is 10.4.